The van der Waals surface area contributed by atoms with E-state index in [1.807, 2.05) is 0 Å². The summed E-state index contributed by atoms with van der Waals surface area (Å²) in [5.74, 6) is -11.3. The van der Waals surface area contributed by atoms with E-state index in [1.165, 1.54) is 0 Å². The summed E-state index contributed by atoms with van der Waals surface area (Å²) in [5.41, 5.74) is 0. The highest BCUT2D eigenvalue weighted by atomic mass is 32.1. The molecular weight excluding hydrogens is 245 g/mol. The van der Waals surface area contributed by atoms with Gasteiger partial charge in [-0.1, -0.05) is 0 Å². The van der Waals surface area contributed by atoms with Gasteiger partial charge in [-0.25, -0.2) is 13.2 Å². The van der Waals surface area contributed by atoms with E-state index >= 15 is 0 Å². The molecule has 1 aliphatic carbocycles. The van der Waals surface area contributed by atoms with Crippen LogP contribution in [-0.4, -0.2) is 16.9 Å². The minimum absolute atomic E-state index is 0. The summed E-state index contributed by atoms with van der Waals surface area (Å²) >= 11 is 0. The van der Waals surface area contributed by atoms with Gasteiger partial charge < -0.3 is 0 Å². The molecule has 0 amide bonds. The number of halogens is 5. The van der Waals surface area contributed by atoms with Crippen LogP contribution in [0.5, 0.6) is 0 Å². The number of rotatable bonds is 1. The Morgan fingerprint density at radius 2 is 1.87 bits per heavy atom. The summed E-state index contributed by atoms with van der Waals surface area (Å²) in [6, 6.07) is 0. The first-order valence-electron chi connectivity index (χ1n) is 3.22. The van der Waals surface area contributed by atoms with Crippen molar-refractivity contribution in [3.05, 3.63) is 33.7 Å². The van der Waals surface area contributed by atoms with E-state index in [1.54, 1.807) is 0 Å². The molecule has 0 N–H and O–H groups in total. The Labute approximate surface area is 86.9 Å². The predicted molar refractivity (Wildman–Crippen MR) is 44.5 cm³/mol. The second-order valence-electron chi connectivity index (χ2n) is 2.48. The maximum atomic E-state index is 13.0. The van der Waals surface area contributed by atoms with Gasteiger partial charge >= 0.3 is 5.79 Å². The Bertz CT molecular complexity index is 357. The van der Waals surface area contributed by atoms with Crippen molar-refractivity contribution in [3.8, 4) is 0 Å². The third kappa shape index (κ3) is 1.83. The van der Waals surface area contributed by atoms with E-state index in [9.17, 15) is 32.1 Å². The number of nitro groups is 1. The van der Waals surface area contributed by atoms with E-state index in [2.05, 4.69) is 0 Å². The summed E-state index contributed by atoms with van der Waals surface area (Å²) in [5, 5.41) is 9.94. The lowest BCUT2D eigenvalue weighted by molar-refractivity contribution is -0.605. The van der Waals surface area contributed by atoms with Crippen molar-refractivity contribution >= 4 is 13.5 Å². The molecule has 86 valence electrons. The van der Waals surface area contributed by atoms with Crippen LogP contribution in [0.25, 0.3) is 0 Å². The molecular formula is C6H4F5NO2S. The molecule has 1 rings (SSSR count). The molecule has 0 aromatic heterocycles. The van der Waals surface area contributed by atoms with E-state index in [-0.39, 0.29) is 19.6 Å². The quantitative estimate of drug-likeness (QED) is 0.310. The minimum atomic E-state index is -4.51. The molecule has 0 aliphatic heterocycles. The van der Waals surface area contributed by atoms with E-state index in [0.29, 0.717) is 0 Å². The standard InChI is InChI=1S/C6H2F5NO2.H2S/c7-2-1-3(8)5(10)6(11,4(2)9)12(13)14;/h1,4H;1H2. The Balaban J connectivity index is 0.00000196. The van der Waals surface area contributed by atoms with Crippen LogP contribution in [0.3, 0.4) is 0 Å². The van der Waals surface area contributed by atoms with Crippen molar-refractivity contribution in [2.45, 2.75) is 12.0 Å². The van der Waals surface area contributed by atoms with Crippen molar-refractivity contribution in [1.82, 2.24) is 0 Å². The number of hydrogen-bond donors (Lipinski definition) is 0. The van der Waals surface area contributed by atoms with Gasteiger partial charge in [0, 0.05) is 6.08 Å². The van der Waals surface area contributed by atoms with E-state index < -0.39 is 34.4 Å². The smallest absolute Gasteiger partial charge is 0.261 e. The summed E-state index contributed by atoms with van der Waals surface area (Å²) in [4.78, 5) is 7.89. The summed E-state index contributed by atoms with van der Waals surface area (Å²) in [7, 11) is 0. The van der Waals surface area contributed by atoms with Crippen molar-refractivity contribution in [1.29, 1.82) is 0 Å². The van der Waals surface area contributed by atoms with Crippen molar-refractivity contribution in [2.24, 2.45) is 0 Å². The highest BCUT2D eigenvalue weighted by Crippen LogP contribution is 2.40. The molecule has 2 atom stereocenters. The SMILES string of the molecule is O=[N+]([O-])C1(F)C(F)=C(F)C=C(F)C1F.S. The molecule has 0 radical (unpaired) electrons. The van der Waals surface area contributed by atoms with Crippen LogP contribution in [-0.2, 0) is 0 Å². The lowest BCUT2D eigenvalue weighted by Gasteiger charge is -2.20. The zero-order chi connectivity index (χ0) is 11.1. The van der Waals surface area contributed by atoms with Crippen LogP contribution >= 0.6 is 13.5 Å². The van der Waals surface area contributed by atoms with Gasteiger partial charge in [-0.2, -0.15) is 22.3 Å². The first-order valence-corrected chi connectivity index (χ1v) is 3.22. The fourth-order valence-corrected chi connectivity index (χ4v) is 0.892. The summed E-state index contributed by atoms with van der Waals surface area (Å²) in [6.07, 6.45) is -3.75. The molecule has 2 unspecified atom stereocenters. The number of alkyl halides is 2. The van der Waals surface area contributed by atoms with Crippen molar-refractivity contribution in [2.75, 3.05) is 0 Å². The molecule has 15 heavy (non-hydrogen) atoms. The van der Waals surface area contributed by atoms with Gasteiger partial charge in [0.2, 0.25) is 5.83 Å². The van der Waals surface area contributed by atoms with Crippen molar-refractivity contribution < 1.29 is 26.9 Å². The van der Waals surface area contributed by atoms with Gasteiger partial charge in [0.15, 0.2) is 5.83 Å². The van der Waals surface area contributed by atoms with Crippen LogP contribution in [0.2, 0.25) is 0 Å². The van der Waals surface area contributed by atoms with Gasteiger partial charge in [-0.15, -0.1) is 0 Å². The fourth-order valence-electron chi connectivity index (χ4n) is 0.892. The Morgan fingerprint density at radius 3 is 2.27 bits per heavy atom. The Kier molecular flexibility index (Phi) is 3.86. The molecule has 0 aromatic carbocycles. The number of hydrogen-bond acceptors (Lipinski definition) is 2. The van der Waals surface area contributed by atoms with Crippen LogP contribution in [0.1, 0.15) is 0 Å². The summed E-state index contributed by atoms with van der Waals surface area (Å²) < 4.78 is 62.8. The zero-order valence-electron chi connectivity index (χ0n) is 6.81. The normalized spacial score (nSPS) is 30.7. The molecule has 0 fully saturated rings. The van der Waals surface area contributed by atoms with Gasteiger partial charge in [-0.3, -0.25) is 10.1 Å². The van der Waals surface area contributed by atoms with Crippen LogP contribution in [0, 0.1) is 10.1 Å². The molecule has 0 heterocycles. The van der Waals surface area contributed by atoms with Gasteiger partial charge in [-0.05, 0) is 0 Å². The predicted octanol–water partition coefficient (Wildman–Crippen LogP) is 2.40. The topological polar surface area (TPSA) is 43.1 Å². The second kappa shape index (κ2) is 4.17. The Hall–Kier alpha value is -1.12. The monoisotopic (exact) mass is 249 g/mol. The minimum Gasteiger partial charge on any atom is -0.261 e. The number of allylic oxidation sites excluding steroid dienone is 2. The third-order valence-corrected chi connectivity index (χ3v) is 1.63. The van der Waals surface area contributed by atoms with Crippen LogP contribution in [0.4, 0.5) is 22.0 Å². The molecule has 0 bridgehead atoms. The second-order valence-corrected chi connectivity index (χ2v) is 2.48. The number of nitrogens with zero attached hydrogens (tertiary/aromatic N) is 1. The molecule has 9 heteroatoms. The van der Waals surface area contributed by atoms with Gasteiger partial charge in [0.25, 0.3) is 6.17 Å². The van der Waals surface area contributed by atoms with Gasteiger partial charge in [0.1, 0.15) is 5.83 Å². The van der Waals surface area contributed by atoms with E-state index in [0.717, 1.165) is 0 Å². The molecule has 3 nitrogen and oxygen atoms in total. The molecule has 0 aromatic rings. The van der Waals surface area contributed by atoms with Crippen molar-refractivity contribution in [3.63, 3.8) is 0 Å². The maximum absolute atomic E-state index is 13.0. The maximum Gasteiger partial charge on any atom is 0.450 e. The average molecular weight is 249 g/mol. The van der Waals surface area contributed by atoms with E-state index in [4.69, 9.17) is 0 Å². The fraction of sp³-hybridized carbons (Fsp3) is 0.333. The molecule has 0 saturated heterocycles. The average Bonchev–Trinajstić information content (AvgIpc) is 2.11. The lowest BCUT2D eigenvalue weighted by Crippen LogP contribution is -2.46. The molecule has 0 saturated carbocycles. The lowest BCUT2D eigenvalue weighted by atomic mass is 10.0. The Morgan fingerprint density at radius 1 is 1.40 bits per heavy atom. The largest absolute Gasteiger partial charge is 0.450 e. The third-order valence-electron chi connectivity index (χ3n) is 1.63. The zero-order valence-corrected chi connectivity index (χ0v) is 7.81. The van der Waals surface area contributed by atoms with Crippen LogP contribution < -0.4 is 0 Å². The highest BCUT2D eigenvalue weighted by molar-refractivity contribution is 7.59. The highest BCUT2D eigenvalue weighted by Gasteiger charge is 2.62. The first-order chi connectivity index (χ1) is 6.31. The van der Waals surface area contributed by atoms with Crippen LogP contribution in [0.15, 0.2) is 23.6 Å². The first kappa shape index (κ1) is 13.9. The summed E-state index contributed by atoms with van der Waals surface area (Å²) in [6.45, 7) is 0. The molecule has 0 spiro atoms. The van der Waals surface area contributed by atoms with Gasteiger partial charge in [0.05, 0.1) is 4.92 Å². The molecule has 1 aliphatic rings.